The Balaban J connectivity index is 2.02. The number of piperidine rings is 1. The van der Waals surface area contributed by atoms with E-state index >= 15 is 0 Å². The van der Waals surface area contributed by atoms with E-state index in [0.717, 1.165) is 5.92 Å². The van der Waals surface area contributed by atoms with E-state index in [9.17, 15) is 0 Å². The highest BCUT2D eigenvalue weighted by Crippen LogP contribution is 2.30. The Bertz CT molecular complexity index is 380. The van der Waals surface area contributed by atoms with Gasteiger partial charge in [-0.05, 0) is 71.7 Å². The third-order valence-electron chi connectivity index (χ3n) is 4.20. The molecule has 1 aliphatic heterocycles. The lowest BCUT2D eigenvalue weighted by atomic mass is 9.97. The first kappa shape index (κ1) is 15.0. The van der Waals surface area contributed by atoms with Gasteiger partial charge in [-0.3, -0.25) is 4.90 Å². The summed E-state index contributed by atoms with van der Waals surface area (Å²) in [6.07, 6.45) is 2.72. The van der Waals surface area contributed by atoms with Gasteiger partial charge in [0.2, 0.25) is 0 Å². The summed E-state index contributed by atoms with van der Waals surface area (Å²) in [4.78, 5) is 5.60. The zero-order valence-electron chi connectivity index (χ0n) is 12.8. The molecule has 2 nitrogen and oxygen atoms in total. The Morgan fingerprint density at radius 2 is 2.16 bits per heavy atom. The van der Waals surface area contributed by atoms with Gasteiger partial charge in [-0.25, -0.2) is 0 Å². The van der Waals surface area contributed by atoms with Gasteiger partial charge in [0, 0.05) is 28.4 Å². The van der Waals surface area contributed by atoms with E-state index in [1.807, 2.05) is 11.3 Å². The quantitative estimate of drug-likeness (QED) is 0.882. The lowest BCUT2D eigenvalue weighted by molar-refractivity contribution is 0.128. The Kier molecular flexibility index (Phi) is 5.43. The minimum Gasteiger partial charge on any atom is -0.316 e. The van der Waals surface area contributed by atoms with Gasteiger partial charge in [0.05, 0.1) is 0 Å². The van der Waals surface area contributed by atoms with E-state index in [4.69, 9.17) is 0 Å². The van der Waals surface area contributed by atoms with Crippen LogP contribution in [0.5, 0.6) is 0 Å². The van der Waals surface area contributed by atoms with Gasteiger partial charge in [-0.1, -0.05) is 0 Å². The molecule has 1 saturated heterocycles. The molecule has 0 aliphatic carbocycles. The highest BCUT2D eigenvalue weighted by atomic mass is 32.1. The van der Waals surface area contributed by atoms with Crippen LogP contribution in [0.3, 0.4) is 0 Å². The summed E-state index contributed by atoms with van der Waals surface area (Å²) >= 11 is 1.95. The van der Waals surface area contributed by atoms with Crippen LogP contribution >= 0.6 is 11.3 Å². The predicted molar refractivity (Wildman–Crippen MR) is 84.9 cm³/mol. The highest BCUT2D eigenvalue weighted by molar-refractivity contribution is 7.12. The number of hydrogen-bond acceptors (Lipinski definition) is 3. The Labute approximate surface area is 122 Å². The molecule has 1 fully saturated rings. The van der Waals surface area contributed by atoms with Crippen LogP contribution in [-0.4, -0.2) is 30.6 Å². The van der Waals surface area contributed by atoms with E-state index in [1.54, 1.807) is 0 Å². The predicted octanol–water partition coefficient (Wildman–Crippen LogP) is 3.83. The molecule has 0 amide bonds. The van der Waals surface area contributed by atoms with Gasteiger partial charge >= 0.3 is 0 Å². The average Bonchev–Trinajstić information content (AvgIpc) is 2.83. The van der Waals surface area contributed by atoms with Gasteiger partial charge in [-0.15, -0.1) is 11.3 Å². The Morgan fingerprint density at radius 1 is 1.37 bits per heavy atom. The van der Waals surface area contributed by atoms with Crippen molar-refractivity contribution in [3.8, 4) is 0 Å². The number of hydrogen-bond donors (Lipinski definition) is 1. The largest absolute Gasteiger partial charge is 0.316 e. The molecular weight excluding hydrogens is 252 g/mol. The fourth-order valence-corrected chi connectivity index (χ4v) is 3.99. The van der Waals surface area contributed by atoms with E-state index in [0.29, 0.717) is 12.1 Å². The molecule has 0 spiro atoms. The molecule has 1 aromatic heterocycles. The van der Waals surface area contributed by atoms with Crippen LogP contribution in [0, 0.1) is 12.8 Å². The summed E-state index contributed by atoms with van der Waals surface area (Å²) in [6, 6.07) is 5.70. The fourth-order valence-electron chi connectivity index (χ4n) is 3.04. The van der Waals surface area contributed by atoms with E-state index < -0.39 is 0 Å². The Morgan fingerprint density at radius 3 is 2.68 bits per heavy atom. The lowest BCUT2D eigenvalue weighted by Gasteiger charge is -2.36. The highest BCUT2D eigenvalue weighted by Gasteiger charge is 2.24. The topological polar surface area (TPSA) is 15.3 Å². The maximum absolute atomic E-state index is 3.54. The molecule has 1 aliphatic rings. The number of thiophene rings is 1. The summed E-state index contributed by atoms with van der Waals surface area (Å²) in [5, 5.41) is 3.54. The molecule has 1 aromatic rings. The van der Waals surface area contributed by atoms with Gasteiger partial charge in [-0.2, -0.15) is 0 Å². The summed E-state index contributed by atoms with van der Waals surface area (Å²) in [5.41, 5.74) is 0. The van der Waals surface area contributed by atoms with Crippen molar-refractivity contribution in [1.82, 2.24) is 10.2 Å². The van der Waals surface area contributed by atoms with Crippen molar-refractivity contribution < 1.29 is 0 Å². The second-order valence-corrected chi connectivity index (χ2v) is 7.45. The third-order valence-corrected chi connectivity index (χ3v) is 5.37. The number of nitrogens with one attached hydrogen (secondary N) is 1. The monoisotopic (exact) mass is 280 g/mol. The molecule has 0 aromatic carbocycles. The normalized spacial score (nSPS) is 22.1. The number of rotatable bonds is 5. The van der Waals surface area contributed by atoms with Crippen LogP contribution in [-0.2, 0) is 0 Å². The van der Waals surface area contributed by atoms with Crippen molar-refractivity contribution in [2.75, 3.05) is 19.6 Å². The van der Waals surface area contributed by atoms with Crippen LogP contribution in [0.1, 0.15) is 49.4 Å². The summed E-state index contributed by atoms with van der Waals surface area (Å²) in [6.45, 7) is 12.8. The standard InChI is InChI=1S/C16H28N2S/c1-12(2)18(11-15-6-5-9-17-10-15)14(4)16-8-7-13(3)19-16/h7-8,12,14-15,17H,5-6,9-11H2,1-4H3. The minimum atomic E-state index is 0.542. The van der Waals surface area contributed by atoms with Crippen LogP contribution in [0.25, 0.3) is 0 Å². The summed E-state index contributed by atoms with van der Waals surface area (Å²) < 4.78 is 0. The van der Waals surface area contributed by atoms with Gasteiger partial charge in [0.1, 0.15) is 0 Å². The smallest absolute Gasteiger partial charge is 0.0416 e. The van der Waals surface area contributed by atoms with E-state index in [2.05, 4.69) is 50.0 Å². The molecule has 19 heavy (non-hydrogen) atoms. The SMILES string of the molecule is Cc1ccc(C(C)N(CC2CCCNC2)C(C)C)s1. The lowest BCUT2D eigenvalue weighted by Crippen LogP contribution is -2.42. The van der Waals surface area contributed by atoms with Crippen molar-refractivity contribution >= 4 is 11.3 Å². The first-order valence-electron chi connectivity index (χ1n) is 7.60. The zero-order chi connectivity index (χ0) is 13.8. The third kappa shape index (κ3) is 4.04. The molecule has 0 saturated carbocycles. The Hall–Kier alpha value is -0.380. The molecule has 1 N–H and O–H groups in total. The molecule has 0 bridgehead atoms. The number of nitrogens with zero attached hydrogens (tertiary/aromatic N) is 1. The van der Waals surface area contributed by atoms with Crippen molar-refractivity contribution in [3.63, 3.8) is 0 Å². The van der Waals surface area contributed by atoms with Crippen LogP contribution in [0.4, 0.5) is 0 Å². The maximum Gasteiger partial charge on any atom is 0.0416 e. The maximum atomic E-state index is 3.54. The molecule has 2 rings (SSSR count). The van der Waals surface area contributed by atoms with E-state index in [-0.39, 0.29) is 0 Å². The van der Waals surface area contributed by atoms with Crippen LogP contribution in [0.2, 0.25) is 0 Å². The van der Waals surface area contributed by atoms with Crippen molar-refractivity contribution in [3.05, 3.63) is 21.9 Å². The van der Waals surface area contributed by atoms with Gasteiger partial charge in [0.25, 0.3) is 0 Å². The fraction of sp³-hybridized carbons (Fsp3) is 0.750. The molecule has 2 atom stereocenters. The molecular formula is C16H28N2S. The van der Waals surface area contributed by atoms with Gasteiger partial charge < -0.3 is 5.32 Å². The first-order chi connectivity index (χ1) is 9.08. The first-order valence-corrected chi connectivity index (χ1v) is 8.42. The van der Waals surface area contributed by atoms with Crippen molar-refractivity contribution in [2.24, 2.45) is 5.92 Å². The summed E-state index contributed by atoms with van der Waals surface area (Å²) in [7, 11) is 0. The summed E-state index contributed by atoms with van der Waals surface area (Å²) in [5.74, 6) is 0.819. The minimum absolute atomic E-state index is 0.542. The van der Waals surface area contributed by atoms with Crippen LogP contribution < -0.4 is 5.32 Å². The zero-order valence-corrected chi connectivity index (χ0v) is 13.6. The van der Waals surface area contributed by atoms with Crippen molar-refractivity contribution in [2.45, 2.75) is 52.6 Å². The molecule has 3 heteroatoms. The second kappa shape index (κ2) is 6.87. The molecule has 2 unspecified atom stereocenters. The molecule has 108 valence electrons. The average molecular weight is 280 g/mol. The number of aryl methyl sites for hydroxylation is 1. The molecule has 0 radical (unpaired) electrons. The van der Waals surface area contributed by atoms with E-state index in [1.165, 1.54) is 42.2 Å². The van der Waals surface area contributed by atoms with Gasteiger partial charge in [0.15, 0.2) is 0 Å². The van der Waals surface area contributed by atoms with Crippen LogP contribution in [0.15, 0.2) is 12.1 Å². The molecule has 2 heterocycles. The van der Waals surface area contributed by atoms with Crippen molar-refractivity contribution in [1.29, 1.82) is 0 Å². The second-order valence-electron chi connectivity index (χ2n) is 6.13.